The maximum atomic E-state index is 13.7. The summed E-state index contributed by atoms with van der Waals surface area (Å²) in [5, 5.41) is 32.0. The number of rotatable bonds is 3. The van der Waals surface area contributed by atoms with E-state index in [2.05, 4.69) is 12.1 Å². The van der Waals surface area contributed by atoms with E-state index in [9.17, 15) is 25.4 Å². The minimum atomic E-state index is -1.57. The number of nitro benzene ring substituents is 1. The summed E-state index contributed by atoms with van der Waals surface area (Å²) in [7, 11) is 0. The molecule has 4 rings (SSSR count). The molecule has 7 nitrogen and oxygen atoms in total. The second-order valence-electron chi connectivity index (χ2n) is 9.27. The van der Waals surface area contributed by atoms with Gasteiger partial charge in [-0.25, -0.2) is 0 Å². The summed E-state index contributed by atoms with van der Waals surface area (Å²) in [6.07, 6.45) is 3.70. The minimum absolute atomic E-state index is 0.0899. The van der Waals surface area contributed by atoms with Crippen LogP contribution in [0, 0.1) is 43.6 Å². The van der Waals surface area contributed by atoms with Crippen LogP contribution in [0.15, 0.2) is 54.7 Å². The highest BCUT2D eigenvalue weighted by atomic mass is 16.6. The lowest BCUT2D eigenvalue weighted by atomic mass is 9.66. The SMILES string of the molecule is CC(C)(C)C(=O)[C@@H]1[C@@H](c2ccc([N+](=O)[O-])cc2)C(C#N)(C#N)[C@@H]2c3ccccc3C=CN12. The van der Waals surface area contributed by atoms with Gasteiger partial charge >= 0.3 is 0 Å². The average molecular weight is 426 g/mol. The molecular weight excluding hydrogens is 404 g/mol. The molecule has 0 aromatic heterocycles. The second kappa shape index (κ2) is 7.32. The van der Waals surface area contributed by atoms with Gasteiger partial charge in [-0.3, -0.25) is 14.9 Å². The van der Waals surface area contributed by atoms with Crippen molar-refractivity contribution in [2.24, 2.45) is 10.8 Å². The van der Waals surface area contributed by atoms with Gasteiger partial charge in [-0.15, -0.1) is 0 Å². The van der Waals surface area contributed by atoms with Crippen molar-refractivity contribution < 1.29 is 9.72 Å². The highest BCUT2D eigenvalue weighted by molar-refractivity contribution is 5.91. The van der Waals surface area contributed by atoms with Crippen LogP contribution < -0.4 is 0 Å². The summed E-state index contributed by atoms with van der Waals surface area (Å²) in [5.74, 6) is -0.881. The number of hydrogen-bond acceptors (Lipinski definition) is 6. The van der Waals surface area contributed by atoms with Crippen LogP contribution in [0.3, 0.4) is 0 Å². The van der Waals surface area contributed by atoms with Crippen LogP contribution in [0.5, 0.6) is 0 Å². The molecule has 3 atom stereocenters. The number of carbonyl (C=O) groups is 1. The Balaban J connectivity index is 1.99. The molecule has 7 heteroatoms. The molecule has 2 heterocycles. The largest absolute Gasteiger partial charge is 0.357 e. The summed E-state index contributed by atoms with van der Waals surface area (Å²) in [4.78, 5) is 26.2. The van der Waals surface area contributed by atoms with Crippen LogP contribution in [0.4, 0.5) is 5.69 Å². The second-order valence-corrected chi connectivity index (χ2v) is 9.27. The third kappa shape index (κ3) is 2.98. The quantitative estimate of drug-likeness (QED) is 0.518. The third-order valence-electron chi connectivity index (χ3n) is 6.41. The predicted octanol–water partition coefficient (Wildman–Crippen LogP) is 4.74. The van der Waals surface area contributed by atoms with E-state index in [0.29, 0.717) is 5.56 Å². The first-order valence-corrected chi connectivity index (χ1v) is 10.3. The Bertz CT molecular complexity index is 1200. The lowest BCUT2D eigenvalue weighted by Gasteiger charge is -2.36. The molecule has 0 spiro atoms. The first-order chi connectivity index (χ1) is 15.2. The van der Waals surface area contributed by atoms with Crippen molar-refractivity contribution in [3.63, 3.8) is 0 Å². The van der Waals surface area contributed by atoms with Crippen molar-refractivity contribution in [1.82, 2.24) is 4.90 Å². The Hall–Kier alpha value is -3.97. The van der Waals surface area contributed by atoms with Gasteiger partial charge in [-0.2, -0.15) is 10.5 Å². The first kappa shape index (κ1) is 21.3. The van der Waals surface area contributed by atoms with Crippen molar-refractivity contribution in [3.05, 3.63) is 81.5 Å². The number of Topliss-reactive ketones (excluding diaryl/α,β-unsaturated/α-hetero) is 1. The highest BCUT2D eigenvalue weighted by Gasteiger charge is 2.64. The van der Waals surface area contributed by atoms with Crippen LogP contribution >= 0.6 is 0 Å². The maximum Gasteiger partial charge on any atom is 0.269 e. The number of fused-ring (bicyclic) bond motifs is 3. The van der Waals surface area contributed by atoms with Crippen molar-refractivity contribution in [3.8, 4) is 12.1 Å². The Morgan fingerprint density at radius 1 is 1.09 bits per heavy atom. The van der Waals surface area contributed by atoms with E-state index < -0.39 is 33.8 Å². The predicted molar refractivity (Wildman–Crippen MR) is 118 cm³/mol. The van der Waals surface area contributed by atoms with Crippen LogP contribution in [0.1, 0.15) is 49.4 Å². The topological polar surface area (TPSA) is 111 Å². The summed E-state index contributed by atoms with van der Waals surface area (Å²) >= 11 is 0. The number of nitrogens with zero attached hydrogens (tertiary/aromatic N) is 4. The number of carbonyl (C=O) groups excluding carboxylic acids is 1. The smallest absolute Gasteiger partial charge is 0.269 e. The summed E-state index contributed by atoms with van der Waals surface area (Å²) in [6, 6.07) is 16.5. The van der Waals surface area contributed by atoms with Crippen molar-refractivity contribution in [2.75, 3.05) is 0 Å². The van der Waals surface area contributed by atoms with Gasteiger partial charge < -0.3 is 4.90 Å². The zero-order chi connectivity index (χ0) is 23.3. The standard InChI is InChI=1S/C25H22N4O3/c1-24(2,3)23(30)21-20(17-8-10-18(11-9-17)29(31)32)25(14-26,15-27)22-19-7-5-4-6-16(19)12-13-28(21)22/h4-13,20-22H,1-3H3/t20-,21+,22+/m1/s1. The van der Waals surface area contributed by atoms with Gasteiger partial charge in [0.1, 0.15) is 0 Å². The van der Waals surface area contributed by atoms with Crippen LogP contribution in [-0.4, -0.2) is 21.6 Å². The fourth-order valence-electron chi connectivity index (χ4n) is 4.92. The Labute approximate surface area is 186 Å². The fourth-order valence-corrected chi connectivity index (χ4v) is 4.92. The normalized spacial score (nSPS) is 22.9. The van der Waals surface area contributed by atoms with E-state index in [1.54, 1.807) is 18.3 Å². The first-order valence-electron chi connectivity index (χ1n) is 10.3. The lowest BCUT2D eigenvalue weighted by Crippen LogP contribution is -2.43. The van der Waals surface area contributed by atoms with Gasteiger partial charge in [-0.1, -0.05) is 57.2 Å². The van der Waals surface area contributed by atoms with E-state index in [4.69, 9.17) is 0 Å². The van der Waals surface area contributed by atoms with E-state index in [0.717, 1.165) is 11.1 Å². The molecule has 160 valence electrons. The van der Waals surface area contributed by atoms with Gasteiger partial charge in [-0.05, 0) is 22.8 Å². The van der Waals surface area contributed by atoms with Crippen LogP contribution in [0.2, 0.25) is 0 Å². The zero-order valence-corrected chi connectivity index (χ0v) is 18.0. The molecule has 2 aliphatic rings. The highest BCUT2D eigenvalue weighted by Crippen LogP contribution is 2.60. The number of nitro groups is 1. The molecule has 0 amide bonds. The molecule has 2 aliphatic heterocycles. The minimum Gasteiger partial charge on any atom is -0.357 e. The summed E-state index contributed by atoms with van der Waals surface area (Å²) in [5.41, 5.74) is -0.110. The molecule has 2 aromatic rings. The van der Waals surface area contributed by atoms with Crippen molar-refractivity contribution >= 4 is 17.5 Å². The number of non-ortho nitro benzene ring substituents is 1. The van der Waals surface area contributed by atoms with Crippen molar-refractivity contribution in [1.29, 1.82) is 10.5 Å². The number of hydrogen-bond donors (Lipinski definition) is 0. The number of nitriles is 2. The Morgan fingerprint density at radius 2 is 1.72 bits per heavy atom. The zero-order valence-electron chi connectivity index (χ0n) is 18.0. The van der Waals surface area contributed by atoms with Gasteiger partial charge in [0.2, 0.25) is 0 Å². The monoisotopic (exact) mass is 426 g/mol. The van der Waals surface area contributed by atoms with E-state index in [1.165, 1.54) is 12.1 Å². The lowest BCUT2D eigenvalue weighted by molar-refractivity contribution is -0.384. The molecular formula is C25H22N4O3. The molecule has 0 N–H and O–H groups in total. The fraction of sp³-hybridized carbons (Fsp3) is 0.320. The third-order valence-corrected chi connectivity index (χ3v) is 6.41. The van der Waals surface area contributed by atoms with E-state index in [-0.39, 0.29) is 11.5 Å². The maximum absolute atomic E-state index is 13.7. The molecule has 1 saturated heterocycles. The van der Waals surface area contributed by atoms with Crippen molar-refractivity contribution in [2.45, 2.75) is 38.8 Å². The molecule has 32 heavy (non-hydrogen) atoms. The molecule has 0 unspecified atom stereocenters. The molecule has 0 radical (unpaired) electrons. The molecule has 2 aromatic carbocycles. The summed E-state index contributed by atoms with van der Waals surface area (Å²) in [6.45, 7) is 5.45. The van der Waals surface area contributed by atoms with Crippen LogP contribution in [-0.2, 0) is 4.79 Å². The Kier molecular flexibility index (Phi) is 4.86. The summed E-state index contributed by atoms with van der Waals surface area (Å²) < 4.78 is 0. The molecule has 1 fully saturated rings. The van der Waals surface area contributed by atoms with E-state index in [1.807, 2.05) is 56.0 Å². The van der Waals surface area contributed by atoms with Gasteiger partial charge in [0, 0.05) is 29.7 Å². The van der Waals surface area contributed by atoms with Gasteiger partial charge in [0.05, 0.1) is 29.1 Å². The van der Waals surface area contributed by atoms with Gasteiger partial charge in [0.15, 0.2) is 11.2 Å². The number of ketones is 1. The molecule has 0 saturated carbocycles. The average Bonchev–Trinajstić information content (AvgIpc) is 3.08. The molecule has 0 bridgehead atoms. The van der Waals surface area contributed by atoms with E-state index >= 15 is 0 Å². The number of benzene rings is 2. The van der Waals surface area contributed by atoms with Crippen LogP contribution in [0.25, 0.3) is 6.08 Å². The Morgan fingerprint density at radius 3 is 2.28 bits per heavy atom. The molecule has 0 aliphatic carbocycles. The van der Waals surface area contributed by atoms with Gasteiger partial charge in [0.25, 0.3) is 5.69 Å².